The van der Waals surface area contributed by atoms with E-state index in [1.54, 1.807) is 7.11 Å². The second kappa shape index (κ2) is 4.67. The molecule has 0 amide bonds. The van der Waals surface area contributed by atoms with Gasteiger partial charge >= 0.3 is 0 Å². The summed E-state index contributed by atoms with van der Waals surface area (Å²) in [6.07, 6.45) is 0. The number of aliphatic hydroxyl groups excluding tert-OH is 1. The summed E-state index contributed by atoms with van der Waals surface area (Å²) in [5.74, 6) is 1.12. The molecule has 0 bridgehead atoms. The van der Waals surface area contributed by atoms with Crippen LogP contribution in [-0.4, -0.2) is 18.8 Å². The molecule has 0 radical (unpaired) electrons. The van der Waals surface area contributed by atoms with Gasteiger partial charge in [-0.1, -0.05) is 6.92 Å². The van der Waals surface area contributed by atoms with Gasteiger partial charge in [0.25, 0.3) is 0 Å². The van der Waals surface area contributed by atoms with Crippen LogP contribution >= 0.6 is 0 Å². The Morgan fingerprint density at radius 1 is 1.27 bits per heavy atom. The highest BCUT2D eigenvalue weighted by Gasteiger charge is 2.15. The molecule has 15 heavy (non-hydrogen) atoms. The lowest BCUT2D eigenvalue weighted by atomic mass is 9.89. The Bertz CT molecular complexity index is 356. The lowest BCUT2D eigenvalue weighted by Gasteiger charge is -2.19. The number of hydrogen-bond donors (Lipinski definition) is 1. The third-order valence-corrected chi connectivity index (χ3v) is 3.10. The summed E-state index contributed by atoms with van der Waals surface area (Å²) in [4.78, 5) is 0. The third kappa shape index (κ3) is 2.15. The molecule has 1 aromatic rings. The molecule has 1 atom stereocenters. The molecule has 0 aliphatic carbocycles. The van der Waals surface area contributed by atoms with Crippen molar-refractivity contribution < 1.29 is 9.84 Å². The van der Waals surface area contributed by atoms with Crippen LogP contribution in [0.1, 0.15) is 35.1 Å². The van der Waals surface area contributed by atoms with Crippen LogP contribution in [0.5, 0.6) is 5.75 Å². The fraction of sp³-hybridized carbons (Fsp3) is 0.538. The van der Waals surface area contributed by atoms with Crippen molar-refractivity contribution in [2.24, 2.45) is 0 Å². The van der Waals surface area contributed by atoms with Crippen LogP contribution in [0.25, 0.3) is 0 Å². The van der Waals surface area contributed by atoms with E-state index in [0.717, 1.165) is 5.75 Å². The number of benzene rings is 1. The summed E-state index contributed by atoms with van der Waals surface area (Å²) in [5, 5.41) is 9.22. The molecule has 2 heteroatoms. The van der Waals surface area contributed by atoms with E-state index in [2.05, 4.69) is 20.8 Å². The van der Waals surface area contributed by atoms with E-state index in [-0.39, 0.29) is 12.5 Å². The molecule has 84 valence electrons. The van der Waals surface area contributed by atoms with Crippen LogP contribution < -0.4 is 4.74 Å². The maximum Gasteiger partial charge on any atom is 0.122 e. The highest BCUT2D eigenvalue weighted by molar-refractivity contribution is 5.49. The van der Waals surface area contributed by atoms with Crippen molar-refractivity contribution >= 4 is 0 Å². The molecular formula is C13H20O2. The van der Waals surface area contributed by atoms with E-state index >= 15 is 0 Å². The smallest absolute Gasteiger partial charge is 0.122 e. The van der Waals surface area contributed by atoms with E-state index in [1.807, 2.05) is 13.0 Å². The average molecular weight is 208 g/mol. The van der Waals surface area contributed by atoms with Crippen LogP contribution in [-0.2, 0) is 0 Å². The van der Waals surface area contributed by atoms with E-state index in [1.165, 1.54) is 22.3 Å². The maximum absolute atomic E-state index is 9.22. The molecule has 0 fully saturated rings. The van der Waals surface area contributed by atoms with Gasteiger partial charge in [0.1, 0.15) is 5.75 Å². The van der Waals surface area contributed by atoms with Gasteiger partial charge in [0.15, 0.2) is 0 Å². The first-order chi connectivity index (χ1) is 7.02. The minimum Gasteiger partial charge on any atom is -0.496 e. The number of hydrogen-bond acceptors (Lipinski definition) is 2. The highest BCUT2D eigenvalue weighted by Crippen LogP contribution is 2.31. The van der Waals surface area contributed by atoms with Crippen LogP contribution in [0.2, 0.25) is 0 Å². The zero-order valence-corrected chi connectivity index (χ0v) is 10.2. The first kappa shape index (κ1) is 12.1. The number of rotatable bonds is 3. The van der Waals surface area contributed by atoms with Crippen molar-refractivity contribution in [3.8, 4) is 5.75 Å². The molecular weight excluding hydrogens is 188 g/mol. The van der Waals surface area contributed by atoms with Crippen LogP contribution in [0, 0.1) is 20.8 Å². The van der Waals surface area contributed by atoms with Gasteiger partial charge in [-0.3, -0.25) is 0 Å². The number of aryl methyl sites for hydroxylation is 1. The Balaban J connectivity index is 3.35. The molecule has 0 aliphatic rings. The first-order valence-electron chi connectivity index (χ1n) is 5.28. The van der Waals surface area contributed by atoms with E-state index in [4.69, 9.17) is 4.74 Å². The Labute approximate surface area is 91.9 Å². The minimum absolute atomic E-state index is 0.188. The normalized spacial score (nSPS) is 12.7. The molecule has 1 rings (SSSR count). The molecule has 0 aromatic heterocycles. The SMILES string of the molecule is COc1cc(C)c(C(C)CO)c(C)c1C. The monoisotopic (exact) mass is 208 g/mol. The van der Waals surface area contributed by atoms with Crippen LogP contribution in [0.4, 0.5) is 0 Å². The zero-order chi connectivity index (χ0) is 11.6. The minimum atomic E-state index is 0.188. The van der Waals surface area contributed by atoms with Gasteiger partial charge in [-0.25, -0.2) is 0 Å². The largest absolute Gasteiger partial charge is 0.496 e. The average Bonchev–Trinajstić information content (AvgIpc) is 2.23. The maximum atomic E-state index is 9.22. The van der Waals surface area contributed by atoms with Crippen LogP contribution in [0.3, 0.4) is 0 Å². The second-order valence-corrected chi connectivity index (χ2v) is 4.14. The summed E-state index contributed by atoms with van der Waals surface area (Å²) in [6.45, 7) is 8.44. The first-order valence-corrected chi connectivity index (χ1v) is 5.28. The predicted octanol–water partition coefficient (Wildman–Crippen LogP) is 2.72. The van der Waals surface area contributed by atoms with Gasteiger partial charge in [-0.2, -0.15) is 0 Å². The van der Waals surface area contributed by atoms with Crippen molar-refractivity contribution in [3.63, 3.8) is 0 Å². The number of methoxy groups -OCH3 is 1. The summed E-state index contributed by atoms with van der Waals surface area (Å²) in [7, 11) is 1.69. The Kier molecular flexibility index (Phi) is 3.75. The van der Waals surface area contributed by atoms with Crippen molar-refractivity contribution in [2.45, 2.75) is 33.6 Å². The van der Waals surface area contributed by atoms with Gasteiger partial charge in [0, 0.05) is 12.5 Å². The molecule has 1 aromatic carbocycles. The fourth-order valence-corrected chi connectivity index (χ4v) is 2.13. The summed E-state index contributed by atoms with van der Waals surface area (Å²) in [6, 6.07) is 2.05. The van der Waals surface area contributed by atoms with Gasteiger partial charge in [0.05, 0.1) is 7.11 Å². The number of aliphatic hydroxyl groups is 1. The standard InChI is InChI=1S/C13H20O2/c1-8-6-12(15-5)10(3)11(4)13(8)9(2)7-14/h6,9,14H,7H2,1-5H3. The molecule has 1 unspecified atom stereocenters. The molecule has 0 aliphatic heterocycles. The quantitative estimate of drug-likeness (QED) is 0.827. The number of ether oxygens (including phenoxy) is 1. The van der Waals surface area contributed by atoms with Crippen LogP contribution in [0.15, 0.2) is 6.07 Å². The Hall–Kier alpha value is -1.02. The van der Waals surface area contributed by atoms with Gasteiger partial charge in [-0.15, -0.1) is 0 Å². The molecule has 0 heterocycles. The lowest BCUT2D eigenvalue weighted by molar-refractivity contribution is 0.272. The van der Waals surface area contributed by atoms with Crippen molar-refractivity contribution in [1.82, 2.24) is 0 Å². The topological polar surface area (TPSA) is 29.5 Å². The highest BCUT2D eigenvalue weighted by atomic mass is 16.5. The molecule has 0 spiro atoms. The Morgan fingerprint density at radius 3 is 2.33 bits per heavy atom. The van der Waals surface area contributed by atoms with E-state index in [9.17, 15) is 5.11 Å². The van der Waals surface area contributed by atoms with Crippen molar-refractivity contribution in [1.29, 1.82) is 0 Å². The summed E-state index contributed by atoms with van der Waals surface area (Å²) < 4.78 is 5.31. The van der Waals surface area contributed by atoms with Gasteiger partial charge < -0.3 is 9.84 Å². The van der Waals surface area contributed by atoms with Gasteiger partial charge in [0.2, 0.25) is 0 Å². The second-order valence-electron chi connectivity index (χ2n) is 4.14. The van der Waals surface area contributed by atoms with Crippen molar-refractivity contribution in [2.75, 3.05) is 13.7 Å². The molecule has 1 N–H and O–H groups in total. The zero-order valence-electron chi connectivity index (χ0n) is 10.2. The predicted molar refractivity (Wildman–Crippen MR) is 62.7 cm³/mol. The van der Waals surface area contributed by atoms with Crippen molar-refractivity contribution in [3.05, 3.63) is 28.3 Å². The van der Waals surface area contributed by atoms with E-state index < -0.39 is 0 Å². The third-order valence-electron chi connectivity index (χ3n) is 3.10. The summed E-state index contributed by atoms with van der Waals surface area (Å²) in [5.41, 5.74) is 4.83. The van der Waals surface area contributed by atoms with E-state index in [0.29, 0.717) is 0 Å². The summed E-state index contributed by atoms with van der Waals surface area (Å²) >= 11 is 0. The molecule has 0 saturated carbocycles. The van der Waals surface area contributed by atoms with Gasteiger partial charge in [-0.05, 0) is 49.1 Å². The molecule has 0 saturated heterocycles. The molecule has 2 nitrogen and oxygen atoms in total. The fourth-order valence-electron chi connectivity index (χ4n) is 2.13. The lowest BCUT2D eigenvalue weighted by Crippen LogP contribution is -2.06. The Morgan fingerprint density at radius 2 is 1.87 bits per heavy atom.